The van der Waals surface area contributed by atoms with Gasteiger partial charge in [-0.1, -0.05) is 30.3 Å². The average Bonchev–Trinajstić information content (AvgIpc) is 3.41. The largest absolute Gasteiger partial charge is 0.368 e. The van der Waals surface area contributed by atoms with Crippen molar-refractivity contribution in [2.24, 2.45) is 5.10 Å². The number of hydrazone groups is 1. The maximum absolute atomic E-state index is 12.6. The average molecular weight is 370 g/mol. The van der Waals surface area contributed by atoms with Crippen LogP contribution in [0.2, 0.25) is 0 Å². The molecule has 0 spiro atoms. The van der Waals surface area contributed by atoms with E-state index in [4.69, 9.17) is 4.74 Å². The predicted octanol–water partition coefficient (Wildman–Crippen LogP) is 0.946. The number of piperazine rings is 1. The van der Waals surface area contributed by atoms with Crippen molar-refractivity contribution in [2.45, 2.75) is 25.4 Å². The lowest BCUT2D eigenvalue weighted by atomic mass is 10.1. The molecule has 1 unspecified atom stereocenters. The van der Waals surface area contributed by atoms with Gasteiger partial charge in [0.15, 0.2) is 0 Å². The molecule has 4 rings (SSSR count). The highest BCUT2D eigenvalue weighted by Crippen LogP contribution is 2.17. The zero-order valence-corrected chi connectivity index (χ0v) is 15.5. The fourth-order valence-corrected chi connectivity index (χ4v) is 3.85. The Morgan fingerprint density at radius 1 is 1.07 bits per heavy atom. The van der Waals surface area contributed by atoms with E-state index >= 15 is 0 Å². The van der Waals surface area contributed by atoms with Crippen LogP contribution in [-0.2, 0) is 14.3 Å². The van der Waals surface area contributed by atoms with Crippen LogP contribution >= 0.6 is 0 Å². The molecule has 7 nitrogen and oxygen atoms in total. The summed E-state index contributed by atoms with van der Waals surface area (Å²) in [4.78, 5) is 29.0. The molecule has 2 saturated heterocycles. The van der Waals surface area contributed by atoms with Crippen LogP contribution in [0, 0.1) is 0 Å². The van der Waals surface area contributed by atoms with E-state index < -0.39 is 0 Å². The van der Waals surface area contributed by atoms with Crippen LogP contribution in [0.25, 0.3) is 0 Å². The molecule has 0 aliphatic carbocycles. The van der Waals surface area contributed by atoms with E-state index in [2.05, 4.69) is 10.0 Å². The van der Waals surface area contributed by atoms with E-state index in [0.717, 1.165) is 30.5 Å². The van der Waals surface area contributed by atoms with Crippen LogP contribution in [0.15, 0.2) is 35.4 Å². The van der Waals surface area contributed by atoms with Crippen LogP contribution in [-0.4, -0.2) is 84.3 Å². The fourth-order valence-electron chi connectivity index (χ4n) is 3.85. The van der Waals surface area contributed by atoms with Crippen LogP contribution < -0.4 is 0 Å². The summed E-state index contributed by atoms with van der Waals surface area (Å²) >= 11 is 0. The zero-order chi connectivity index (χ0) is 18.6. The Morgan fingerprint density at radius 2 is 1.85 bits per heavy atom. The molecule has 0 saturated carbocycles. The van der Waals surface area contributed by atoms with Gasteiger partial charge in [-0.2, -0.15) is 5.10 Å². The molecule has 2 amide bonds. The quantitative estimate of drug-likeness (QED) is 0.791. The standard InChI is InChI=1S/C20H26N4O3/c25-19(24-9-8-17(21-24)16-5-2-1-3-6-16)15-22-10-12-23(13-11-22)20(26)18-7-4-14-27-18/h1-3,5-6,18H,4,7-15H2. The lowest BCUT2D eigenvalue weighted by Crippen LogP contribution is -2.53. The van der Waals surface area contributed by atoms with E-state index in [-0.39, 0.29) is 17.9 Å². The smallest absolute Gasteiger partial charge is 0.256 e. The summed E-state index contributed by atoms with van der Waals surface area (Å²) in [7, 11) is 0. The topological polar surface area (TPSA) is 65.5 Å². The number of hydrogen-bond donors (Lipinski definition) is 0. The minimum atomic E-state index is -0.256. The van der Waals surface area contributed by atoms with Crippen molar-refractivity contribution in [3.63, 3.8) is 0 Å². The molecule has 0 bridgehead atoms. The Morgan fingerprint density at radius 3 is 2.56 bits per heavy atom. The molecule has 3 aliphatic rings. The minimum absolute atomic E-state index is 0.0276. The number of rotatable bonds is 4. The molecule has 0 N–H and O–H groups in total. The molecule has 0 radical (unpaired) electrons. The summed E-state index contributed by atoms with van der Waals surface area (Å²) in [6.07, 6.45) is 2.33. The first-order valence-corrected chi connectivity index (χ1v) is 9.77. The Hall–Kier alpha value is -2.25. The Kier molecular flexibility index (Phi) is 5.50. The molecule has 2 fully saturated rings. The Bertz CT molecular complexity index is 707. The molecule has 7 heteroatoms. The lowest BCUT2D eigenvalue weighted by molar-refractivity contribution is -0.143. The van der Waals surface area contributed by atoms with Gasteiger partial charge in [0.25, 0.3) is 11.8 Å². The summed E-state index contributed by atoms with van der Waals surface area (Å²) < 4.78 is 5.49. The second-order valence-electron chi connectivity index (χ2n) is 7.28. The monoisotopic (exact) mass is 370 g/mol. The van der Waals surface area contributed by atoms with Gasteiger partial charge in [-0.3, -0.25) is 14.5 Å². The molecular weight excluding hydrogens is 344 g/mol. The minimum Gasteiger partial charge on any atom is -0.368 e. The third-order valence-electron chi connectivity index (χ3n) is 5.44. The van der Waals surface area contributed by atoms with Crippen molar-refractivity contribution < 1.29 is 14.3 Å². The molecular formula is C20H26N4O3. The van der Waals surface area contributed by atoms with Crippen LogP contribution in [0.4, 0.5) is 0 Å². The van der Waals surface area contributed by atoms with Gasteiger partial charge >= 0.3 is 0 Å². The summed E-state index contributed by atoms with van der Waals surface area (Å²) in [5, 5.41) is 6.10. The number of carbonyl (C=O) groups is 2. The van der Waals surface area contributed by atoms with Gasteiger partial charge in [-0.25, -0.2) is 5.01 Å². The highest BCUT2D eigenvalue weighted by Gasteiger charge is 2.31. The van der Waals surface area contributed by atoms with Gasteiger partial charge in [0, 0.05) is 39.2 Å². The normalized spacial score (nSPS) is 23.6. The molecule has 144 valence electrons. The second kappa shape index (κ2) is 8.19. The van der Waals surface area contributed by atoms with Crippen molar-refractivity contribution in [1.29, 1.82) is 0 Å². The van der Waals surface area contributed by atoms with Crippen molar-refractivity contribution in [3.05, 3.63) is 35.9 Å². The highest BCUT2D eigenvalue weighted by molar-refractivity contribution is 6.02. The SMILES string of the molecule is O=C(C1CCCO1)N1CCN(CC(=O)N2CCC(c3ccccc3)=N2)CC1. The second-order valence-corrected chi connectivity index (χ2v) is 7.28. The third-order valence-corrected chi connectivity index (χ3v) is 5.44. The first-order chi connectivity index (χ1) is 13.2. The highest BCUT2D eigenvalue weighted by atomic mass is 16.5. The van der Waals surface area contributed by atoms with Gasteiger partial charge < -0.3 is 9.64 Å². The van der Waals surface area contributed by atoms with Crippen molar-refractivity contribution in [2.75, 3.05) is 45.9 Å². The van der Waals surface area contributed by atoms with Crippen molar-refractivity contribution in [3.8, 4) is 0 Å². The van der Waals surface area contributed by atoms with Crippen LogP contribution in [0.3, 0.4) is 0 Å². The number of carbonyl (C=O) groups excluding carboxylic acids is 2. The molecule has 1 aromatic rings. The van der Waals surface area contributed by atoms with Crippen LogP contribution in [0.1, 0.15) is 24.8 Å². The zero-order valence-electron chi connectivity index (χ0n) is 15.5. The van der Waals surface area contributed by atoms with Gasteiger partial charge in [0.05, 0.1) is 18.8 Å². The Balaban J connectivity index is 1.26. The van der Waals surface area contributed by atoms with E-state index in [1.54, 1.807) is 5.01 Å². The molecule has 3 aliphatic heterocycles. The van der Waals surface area contributed by atoms with Gasteiger partial charge in [0.2, 0.25) is 0 Å². The number of ether oxygens (including phenoxy) is 1. The van der Waals surface area contributed by atoms with Crippen LogP contribution in [0.5, 0.6) is 0 Å². The maximum Gasteiger partial charge on any atom is 0.256 e. The van der Waals surface area contributed by atoms with Crippen molar-refractivity contribution >= 4 is 17.5 Å². The summed E-state index contributed by atoms with van der Waals surface area (Å²) in [6, 6.07) is 10.00. The number of nitrogens with zero attached hydrogens (tertiary/aromatic N) is 4. The van der Waals surface area contributed by atoms with Gasteiger partial charge in [-0.15, -0.1) is 0 Å². The first kappa shape index (κ1) is 18.1. The molecule has 27 heavy (non-hydrogen) atoms. The van der Waals surface area contributed by atoms with Gasteiger partial charge in [-0.05, 0) is 18.4 Å². The van der Waals surface area contributed by atoms with E-state index in [1.165, 1.54) is 0 Å². The Labute approximate surface area is 159 Å². The number of amides is 2. The molecule has 1 atom stereocenters. The summed E-state index contributed by atoms with van der Waals surface area (Å²) in [5.74, 6) is 0.134. The first-order valence-electron chi connectivity index (χ1n) is 9.77. The van der Waals surface area contributed by atoms with E-state index in [9.17, 15) is 9.59 Å². The number of hydrogen-bond acceptors (Lipinski definition) is 5. The van der Waals surface area contributed by atoms with E-state index in [0.29, 0.717) is 45.9 Å². The fraction of sp³-hybridized carbons (Fsp3) is 0.550. The van der Waals surface area contributed by atoms with Crippen molar-refractivity contribution in [1.82, 2.24) is 14.8 Å². The molecule has 3 heterocycles. The third kappa shape index (κ3) is 4.20. The lowest BCUT2D eigenvalue weighted by Gasteiger charge is -2.35. The number of benzene rings is 1. The van der Waals surface area contributed by atoms with Gasteiger partial charge in [0.1, 0.15) is 6.10 Å². The molecule has 1 aromatic carbocycles. The van der Waals surface area contributed by atoms with E-state index in [1.807, 2.05) is 35.2 Å². The summed E-state index contributed by atoms with van der Waals surface area (Å²) in [5.41, 5.74) is 2.05. The summed E-state index contributed by atoms with van der Waals surface area (Å²) in [6.45, 7) is 4.43. The maximum atomic E-state index is 12.6. The predicted molar refractivity (Wildman–Crippen MR) is 101 cm³/mol. The molecule has 0 aromatic heterocycles.